The first kappa shape index (κ1) is 29.7. The first-order valence-electron chi connectivity index (χ1n) is 11.9. The zero-order chi connectivity index (χ0) is 28.4. The highest BCUT2D eigenvalue weighted by Gasteiger charge is 2.43. The number of ether oxygens (including phenoxy) is 2. The molecule has 0 aliphatic carbocycles. The van der Waals surface area contributed by atoms with Crippen molar-refractivity contribution in [1.82, 2.24) is 9.55 Å². The van der Waals surface area contributed by atoms with Crippen molar-refractivity contribution < 1.29 is 32.8 Å². The van der Waals surface area contributed by atoms with Gasteiger partial charge in [-0.15, -0.1) is 0 Å². The third-order valence-electron chi connectivity index (χ3n) is 5.73. The highest BCUT2D eigenvalue weighted by Crippen LogP contribution is 2.33. The number of rotatable bonds is 10. The molecular formula is C24H30BrFN4O7Si. The zero-order valence-corrected chi connectivity index (χ0v) is 24.6. The zero-order valence-electron chi connectivity index (χ0n) is 22.0. The van der Waals surface area contributed by atoms with E-state index in [1.807, 2.05) is 13.8 Å². The van der Waals surface area contributed by atoms with Crippen LogP contribution in [0.4, 0.5) is 20.7 Å². The predicted octanol–water partition coefficient (Wildman–Crippen LogP) is 5.00. The Bertz CT molecular complexity index is 1220. The van der Waals surface area contributed by atoms with E-state index in [4.69, 9.17) is 13.9 Å². The Hall–Kier alpha value is -2.84. The molecule has 1 aliphatic rings. The summed E-state index contributed by atoms with van der Waals surface area (Å²) in [6, 6.07) is 4.07. The van der Waals surface area contributed by atoms with Crippen LogP contribution in [0.2, 0.25) is 5.04 Å². The monoisotopic (exact) mass is 612 g/mol. The standard InChI is InChI=1S/C24H30BrFN4O7Si/c1-7-35-20(31)16(11-28-13-19(30(33)34)27-21(28)25)15-9-8-14(10-17(15)26)29-12-18(36-22(29)32)24(5,6)37-38-23(2,3)4/h8-10,13,16,18H,7,11-12H2,1-6H3. The molecular weight excluding hydrogens is 583 g/mol. The maximum Gasteiger partial charge on any atom is 0.414 e. The maximum absolute atomic E-state index is 15.4. The number of amides is 1. The summed E-state index contributed by atoms with van der Waals surface area (Å²) < 4.78 is 33.6. The van der Waals surface area contributed by atoms with Crippen LogP contribution in [0, 0.1) is 15.9 Å². The number of anilines is 1. The molecule has 1 aromatic carbocycles. The number of nitro groups is 1. The molecule has 206 valence electrons. The van der Waals surface area contributed by atoms with Crippen molar-refractivity contribution in [2.75, 3.05) is 18.1 Å². The fourth-order valence-electron chi connectivity index (χ4n) is 3.69. The number of esters is 1. The first-order valence-corrected chi connectivity index (χ1v) is 13.6. The van der Waals surface area contributed by atoms with Crippen molar-refractivity contribution in [2.24, 2.45) is 0 Å². The number of halogens is 2. The van der Waals surface area contributed by atoms with Crippen LogP contribution in [0.3, 0.4) is 0 Å². The number of cyclic esters (lactones) is 1. The molecule has 11 nitrogen and oxygen atoms in total. The lowest BCUT2D eigenvalue weighted by Crippen LogP contribution is -2.43. The quantitative estimate of drug-likeness (QED) is 0.159. The van der Waals surface area contributed by atoms with E-state index in [1.54, 1.807) is 6.92 Å². The smallest absolute Gasteiger partial charge is 0.414 e. The molecule has 14 heteroatoms. The Morgan fingerprint density at radius 1 is 1.37 bits per heavy atom. The summed E-state index contributed by atoms with van der Waals surface area (Å²) in [5.41, 5.74) is -0.491. The van der Waals surface area contributed by atoms with Crippen molar-refractivity contribution in [3.8, 4) is 0 Å². The molecule has 2 unspecified atom stereocenters. The number of benzene rings is 1. The van der Waals surface area contributed by atoms with E-state index in [0.717, 1.165) is 12.3 Å². The molecule has 1 saturated heterocycles. The van der Waals surface area contributed by atoms with E-state index >= 15 is 4.39 Å². The summed E-state index contributed by atoms with van der Waals surface area (Å²) >= 11 is 3.13. The minimum atomic E-state index is -1.13. The van der Waals surface area contributed by atoms with Crippen LogP contribution in [0.15, 0.2) is 29.1 Å². The molecule has 38 heavy (non-hydrogen) atoms. The Balaban J connectivity index is 1.84. The van der Waals surface area contributed by atoms with Crippen molar-refractivity contribution in [2.45, 2.75) is 70.7 Å². The molecule has 3 rings (SSSR count). The number of aromatic nitrogens is 2. The second-order valence-corrected chi connectivity index (χ2v) is 12.9. The summed E-state index contributed by atoms with van der Waals surface area (Å²) in [4.78, 5) is 40.9. The van der Waals surface area contributed by atoms with Crippen molar-refractivity contribution in [1.29, 1.82) is 0 Å². The predicted molar refractivity (Wildman–Crippen MR) is 141 cm³/mol. The van der Waals surface area contributed by atoms with Crippen LogP contribution in [-0.4, -0.2) is 61.2 Å². The number of carbonyl (C=O) groups is 2. The van der Waals surface area contributed by atoms with Crippen LogP contribution in [0.5, 0.6) is 0 Å². The van der Waals surface area contributed by atoms with E-state index in [9.17, 15) is 19.7 Å². The summed E-state index contributed by atoms with van der Waals surface area (Å²) in [6.07, 6.45) is -0.0590. The molecule has 1 fully saturated rings. The van der Waals surface area contributed by atoms with Gasteiger partial charge < -0.3 is 24.0 Å². The summed E-state index contributed by atoms with van der Waals surface area (Å²) in [6.45, 7) is 11.5. The second-order valence-electron chi connectivity index (χ2n) is 10.3. The maximum atomic E-state index is 15.4. The molecule has 2 radical (unpaired) electrons. The lowest BCUT2D eigenvalue weighted by molar-refractivity contribution is -0.389. The van der Waals surface area contributed by atoms with Crippen LogP contribution >= 0.6 is 15.9 Å². The molecule has 0 bridgehead atoms. The molecule has 0 saturated carbocycles. The van der Waals surface area contributed by atoms with Gasteiger partial charge in [-0.2, -0.15) is 0 Å². The van der Waals surface area contributed by atoms with Crippen LogP contribution < -0.4 is 4.90 Å². The van der Waals surface area contributed by atoms with Crippen LogP contribution in [-0.2, 0) is 25.2 Å². The van der Waals surface area contributed by atoms with E-state index in [1.165, 1.54) is 21.6 Å². The van der Waals surface area contributed by atoms with Gasteiger partial charge in [0.25, 0.3) is 4.73 Å². The molecule has 2 aromatic rings. The number of imidazole rings is 1. The van der Waals surface area contributed by atoms with Gasteiger partial charge in [0.15, 0.2) is 0 Å². The van der Waals surface area contributed by atoms with Gasteiger partial charge in [-0.1, -0.05) is 26.8 Å². The van der Waals surface area contributed by atoms with Gasteiger partial charge in [-0.3, -0.25) is 14.3 Å². The lowest BCUT2D eigenvalue weighted by atomic mass is 9.97. The number of carbonyl (C=O) groups excluding carboxylic acids is 2. The van der Waals surface area contributed by atoms with E-state index in [-0.39, 0.29) is 50.5 Å². The van der Waals surface area contributed by atoms with Gasteiger partial charge in [-0.05, 0) is 47.8 Å². The van der Waals surface area contributed by atoms with Crippen LogP contribution in [0.1, 0.15) is 53.0 Å². The lowest BCUT2D eigenvalue weighted by Gasteiger charge is -2.32. The minimum absolute atomic E-state index is 0.00890. The summed E-state index contributed by atoms with van der Waals surface area (Å²) in [5, 5.41) is 11.0. The molecule has 1 aromatic heterocycles. The highest BCUT2D eigenvalue weighted by atomic mass is 79.9. The first-order chi connectivity index (χ1) is 17.6. The van der Waals surface area contributed by atoms with Gasteiger partial charge >= 0.3 is 17.9 Å². The third kappa shape index (κ3) is 6.97. The normalized spacial score (nSPS) is 16.9. The average Bonchev–Trinajstić information content (AvgIpc) is 3.39. The Morgan fingerprint density at radius 2 is 2.05 bits per heavy atom. The van der Waals surface area contributed by atoms with Gasteiger partial charge in [0.2, 0.25) is 9.76 Å². The number of hydrogen-bond donors (Lipinski definition) is 0. The van der Waals surface area contributed by atoms with E-state index < -0.39 is 46.2 Å². The molecule has 1 aliphatic heterocycles. The van der Waals surface area contributed by atoms with Gasteiger partial charge in [0.05, 0.1) is 24.4 Å². The molecule has 1 amide bonds. The summed E-state index contributed by atoms with van der Waals surface area (Å²) in [5.74, 6) is -3.00. The van der Waals surface area contributed by atoms with Gasteiger partial charge in [0, 0.05) is 28.0 Å². The Morgan fingerprint density at radius 3 is 2.61 bits per heavy atom. The SMILES string of the molecule is CCOC(=O)C(Cn1cc([N+](=O)[O-])nc1Br)c1ccc(N2CC(C(C)(C)O[Si]C(C)(C)C)OC2=O)cc1F. The number of hydrogen-bond acceptors (Lipinski definition) is 8. The van der Waals surface area contributed by atoms with Gasteiger partial charge in [-0.25, -0.2) is 9.18 Å². The van der Waals surface area contributed by atoms with Crippen molar-refractivity contribution in [3.05, 3.63) is 50.6 Å². The fraction of sp³-hybridized carbons (Fsp3) is 0.542. The molecule has 0 N–H and O–H groups in total. The van der Waals surface area contributed by atoms with Gasteiger partial charge in [0.1, 0.15) is 24.0 Å². The highest BCUT2D eigenvalue weighted by molar-refractivity contribution is 9.10. The minimum Gasteiger partial charge on any atom is -0.465 e. The second kappa shape index (κ2) is 11.5. The average molecular weight is 614 g/mol. The topological polar surface area (TPSA) is 126 Å². The van der Waals surface area contributed by atoms with Crippen molar-refractivity contribution >= 4 is 49.3 Å². The Kier molecular flexibility index (Phi) is 8.99. The molecule has 2 heterocycles. The largest absolute Gasteiger partial charge is 0.465 e. The van der Waals surface area contributed by atoms with E-state index in [2.05, 4.69) is 41.7 Å². The van der Waals surface area contributed by atoms with E-state index in [0.29, 0.717) is 0 Å². The van der Waals surface area contributed by atoms with Crippen molar-refractivity contribution in [3.63, 3.8) is 0 Å². The summed E-state index contributed by atoms with van der Waals surface area (Å²) in [7, 11) is 0.187. The molecule has 0 spiro atoms. The fourth-order valence-corrected chi connectivity index (χ4v) is 4.82. The third-order valence-corrected chi connectivity index (χ3v) is 7.60. The Labute approximate surface area is 230 Å². The number of nitrogens with zero attached hydrogens (tertiary/aromatic N) is 4. The van der Waals surface area contributed by atoms with Crippen LogP contribution in [0.25, 0.3) is 0 Å². The molecule has 2 atom stereocenters.